The number of esters is 2. The van der Waals surface area contributed by atoms with Crippen molar-refractivity contribution < 1.29 is 37.6 Å². The van der Waals surface area contributed by atoms with E-state index in [4.69, 9.17) is 18.5 Å². The lowest BCUT2D eigenvalue weighted by Crippen LogP contribution is -2.29. The van der Waals surface area contributed by atoms with Crippen molar-refractivity contribution in [1.82, 2.24) is 5.32 Å². The van der Waals surface area contributed by atoms with E-state index in [-0.39, 0.29) is 26.1 Å². The van der Waals surface area contributed by atoms with E-state index in [1.165, 1.54) is 19.3 Å². The SMILES string of the molecule is CC/C=C\C/C=C\C/C=C\C/C=C\C/C=C\C/C=C\CCC(=O)OC(COC(=O)CCCC/C=C\C/C=C\C/C=C\CCCCC)COP(=O)(O)OCCNC. The summed E-state index contributed by atoms with van der Waals surface area (Å²) >= 11 is 0. The monoisotopic (exact) mass is 800 g/mol. The van der Waals surface area contributed by atoms with Crippen LogP contribution in [0.3, 0.4) is 0 Å². The Balaban J connectivity index is 4.48. The van der Waals surface area contributed by atoms with Crippen LogP contribution in [0.1, 0.15) is 129 Å². The second-order valence-corrected chi connectivity index (χ2v) is 14.5. The van der Waals surface area contributed by atoms with Gasteiger partial charge < -0.3 is 19.7 Å². The van der Waals surface area contributed by atoms with Gasteiger partial charge in [-0.3, -0.25) is 18.6 Å². The zero-order valence-electron chi connectivity index (χ0n) is 34.8. The summed E-state index contributed by atoms with van der Waals surface area (Å²) in [7, 11) is -2.70. The Morgan fingerprint density at radius 3 is 1.52 bits per heavy atom. The number of hydrogen-bond donors (Lipinski definition) is 2. The molecule has 0 rings (SSSR count). The number of phosphoric ester groups is 1. The van der Waals surface area contributed by atoms with E-state index in [0.717, 1.165) is 70.6 Å². The van der Waals surface area contributed by atoms with Gasteiger partial charge in [-0.1, -0.05) is 136 Å². The molecule has 0 saturated heterocycles. The van der Waals surface area contributed by atoms with E-state index in [0.29, 0.717) is 19.4 Å². The van der Waals surface area contributed by atoms with E-state index in [1.807, 2.05) is 12.2 Å². The molecule has 0 aromatic heterocycles. The third-order valence-corrected chi connectivity index (χ3v) is 8.87. The van der Waals surface area contributed by atoms with Crippen LogP contribution in [0, 0.1) is 0 Å². The molecule has 0 aliphatic heterocycles. The highest BCUT2D eigenvalue weighted by molar-refractivity contribution is 7.47. The Morgan fingerprint density at radius 2 is 1.04 bits per heavy atom. The topological polar surface area (TPSA) is 120 Å². The molecule has 0 aromatic carbocycles. The molecule has 0 heterocycles. The van der Waals surface area contributed by atoms with Gasteiger partial charge in [0, 0.05) is 19.4 Å². The van der Waals surface area contributed by atoms with Crippen LogP contribution in [0.15, 0.2) is 109 Å². The molecule has 56 heavy (non-hydrogen) atoms. The van der Waals surface area contributed by atoms with Crippen molar-refractivity contribution in [2.45, 2.75) is 136 Å². The van der Waals surface area contributed by atoms with Gasteiger partial charge in [0.1, 0.15) is 6.61 Å². The molecule has 0 amide bonds. The van der Waals surface area contributed by atoms with Crippen LogP contribution >= 0.6 is 7.82 Å². The fraction of sp³-hybridized carbons (Fsp3) is 0.565. The van der Waals surface area contributed by atoms with Crippen LogP contribution in [-0.4, -0.2) is 56.3 Å². The van der Waals surface area contributed by atoms with Crippen LogP contribution in [0.25, 0.3) is 0 Å². The van der Waals surface area contributed by atoms with Crippen LogP contribution < -0.4 is 5.32 Å². The molecule has 0 spiro atoms. The zero-order valence-corrected chi connectivity index (χ0v) is 35.7. The van der Waals surface area contributed by atoms with E-state index >= 15 is 0 Å². The average molecular weight is 800 g/mol. The molecule has 0 aliphatic carbocycles. The highest BCUT2D eigenvalue weighted by Gasteiger charge is 2.26. The molecule has 10 heteroatoms. The van der Waals surface area contributed by atoms with Gasteiger partial charge in [-0.05, 0) is 96.9 Å². The van der Waals surface area contributed by atoms with Gasteiger partial charge in [-0.25, -0.2) is 4.57 Å². The Labute approximate surface area is 340 Å². The van der Waals surface area contributed by atoms with Crippen molar-refractivity contribution in [2.24, 2.45) is 0 Å². The van der Waals surface area contributed by atoms with Gasteiger partial charge in [-0.15, -0.1) is 0 Å². The van der Waals surface area contributed by atoms with Crippen LogP contribution in [0.2, 0.25) is 0 Å². The van der Waals surface area contributed by atoms with Gasteiger partial charge in [0.15, 0.2) is 6.10 Å². The Bertz CT molecular complexity index is 1280. The standard InChI is InChI=1S/C46H74NO8P/c1-4-6-8-10-12-14-16-18-20-21-22-23-25-27-29-31-33-35-37-39-46(49)55-44(43-54-56(50,51)53-41-40-47-3)42-52-45(48)38-36-34-32-30-28-26-24-19-17-15-13-11-9-7-5-2/h6,8,12-15,18-20,22-24,27-30,33,35,44,47H,4-5,7,9-11,16-17,21,25-26,31-32,34,36-43H2,1-3H3,(H,50,51)/b8-6-,14-12-,15-13-,20-18-,23-22-,24-19-,29-27-,30-28-,35-33-. The summed E-state index contributed by atoms with van der Waals surface area (Å²) in [6.07, 6.45) is 52.9. The molecule has 2 N–H and O–H groups in total. The summed E-state index contributed by atoms with van der Waals surface area (Å²) in [4.78, 5) is 35.0. The molecule has 0 radical (unpaired) electrons. The quantitative estimate of drug-likeness (QED) is 0.0274. The number of allylic oxidation sites excluding steroid dienone is 18. The van der Waals surface area contributed by atoms with E-state index in [2.05, 4.69) is 116 Å². The molecule has 2 atom stereocenters. The van der Waals surface area contributed by atoms with E-state index < -0.39 is 32.5 Å². The summed E-state index contributed by atoms with van der Waals surface area (Å²) in [5.41, 5.74) is 0. The lowest BCUT2D eigenvalue weighted by molar-refractivity contribution is -0.161. The molecule has 9 nitrogen and oxygen atoms in total. The minimum atomic E-state index is -4.38. The van der Waals surface area contributed by atoms with Crippen LogP contribution in [0.4, 0.5) is 0 Å². The lowest BCUT2D eigenvalue weighted by Gasteiger charge is -2.19. The summed E-state index contributed by atoms with van der Waals surface area (Å²) < 4.78 is 33.0. The second kappa shape index (κ2) is 41.3. The minimum absolute atomic E-state index is 0.0432. The summed E-state index contributed by atoms with van der Waals surface area (Å²) in [6, 6.07) is 0. The fourth-order valence-electron chi connectivity index (χ4n) is 4.76. The number of unbranched alkanes of at least 4 members (excludes halogenated alkanes) is 5. The molecule has 0 fully saturated rings. The molecule has 0 aromatic rings. The second-order valence-electron chi connectivity index (χ2n) is 13.1. The van der Waals surface area contributed by atoms with Crippen molar-refractivity contribution >= 4 is 19.8 Å². The van der Waals surface area contributed by atoms with E-state index in [1.54, 1.807) is 7.05 Å². The molecular weight excluding hydrogens is 725 g/mol. The predicted molar refractivity (Wildman–Crippen MR) is 233 cm³/mol. The smallest absolute Gasteiger partial charge is 0.462 e. The lowest BCUT2D eigenvalue weighted by atomic mass is 10.1. The maximum absolute atomic E-state index is 12.6. The van der Waals surface area contributed by atoms with Gasteiger partial charge in [-0.2, -0.15) is 0 Å². The van der Waals surface area contributed by atoms with Gasteiger partial charge in [0.05, 0.1) is 13.2 Å². The molecule has 0 aliphatic rings. The molecular formula is C46H74NO8P. The summed E-state index contributed by atoms with van der Waals surface area (Å²) in [6.45, 7) is 3.91. The number of ether oxygens (including phenoxy) is 2. The third-order valence-electron chi connectivity index (χ3n) is 7.89. The van der Waals surface area contributed by atoms with Gasteiger partial charge >= 0.3 is 19.8 Å². The maximum atomic E-state index is 12.6. The Morgan fingerprint density at radius 1 is 0.571 bits per heavy atom. The number of hydrogen-bond acceptors (Lipinski definition) is 8. The molecule has 316 valence electrons. The van der Waals surface area contributed by atoms with Crippen molar-refractivity contribution in [1.29, 1.82) is 0 Å². The summed E-state index contributed by atoms with van der Waals surface area (Å²) in [5, 5.41) is 2.81. The molecule has 0 saturated carbocycles. The van der Waals surface area contributed by atoms with Crippen molar-refractivity contribution in [3.8, 4) is 0 Å². The largest absolute Gasteiger partial charge is 0.472 e. The number of rotatable bonds is 37. The van der Waals surface area contributed by atoms with Crippen molar-refractivity contribution in [3.63, 3.8) is 0 Å². The number of likely N-dealkylation sites (N-methyl/N-ethyl adjacent to an activating group) is 1. The number of phosphoric acid groups is 1. The zero-order chi connectivity index (χ0) is 41.1. The predicted octanol–water partition coefficient (Wildman–Crippen LogP) is 11.9. The molecule has 2 unspecified atom stereocenters. The van der Waals surface area contributed by atoms with Crippen LogP contribution in [-0.2, 0) is 32.7 Å². The first-order chi connectivity index (χ1) is 27.3. The fourth-order valence-corrected chi connectivity index (χ4v) is 5.51. The number of carbonyl (C=O) groups excluding carboxylic acids is 2. The first-order valence-corrected chi connectivity index (χ1v) is 22.3. The Hall–Kier alpha value is -3.33. The van der Waals surface area contributed by atoms with Crippen LogP contribution in [0.5, 0.6) is 0 Å². The van der Waals surface area contributed by atoms with Gasteiger partial charge in [0.25, 0.3) is 0 Å². The first kappa shape index (κ1) is 52.7. The highest BCUT2D eigenvalue weighted by Crippen LogP contribution is 2.43. The normalized spacial score (nSPS) is 14.4. The average Bonchev–Trinajstić information content (AvgIpc) is 3.18. The van der Waals surface area contributed by atoms with Crippen molar-refractivity contribution in [3.05, 3.63) is 109 Å². The highest BCUT2D eigenvalue weighted by atomic mass is 31.2. The third kappa shape index (κ3) is 40.3. The minimum Gasteiger partial charge on any atom is -0.462 e. The number of nitrogens with one attached hydrogen (secondary N) is 1. The van der Waals surface area contributed by atoms with Crippen molar-refractivity contribution in [2.75, 3.05) is 33.4 Å². The van der Waals surface area contributed by atoms with Gasteiger partial charge in [0.2, 0.25) is 0 Å². The number of carbonyl (C=O) groups is 2. The summed E-state index contributed by atoms with van der Waals surface area (Å²) in [5.74, 6) is -0.963. The Kier molecular flexibility index (Phi) is 38.9. The maximum Gasteiger partial charge on any atom is 0.472 e. The molecule has 0 bridgehead atoms. The first-order valence-electron chi connectivity index (χ1n) is 20.8. The van der Waals surface area contributed by atoms with E-state index in [9.17, 15) is 19.0 Å².